The van der Waals surface area contributed by atoms with Crippen LogP contribution in [0.3, 0.4) is 0 Å². The first kappa shape index (κ1) is 15.4. The van der Waals surface area contributed by atoms with Crippen LogP contribution in [0, 0.1) is 13.8 Å². The average molecular weight is 308 g/mol. The number of aromatic amines is 1. The molecule has 2 rings (SSSR count). The number of benzene rings is 1. The van der Waals surface area contributed by atoms with Gasteiger partial charge >= 0.3 is 0 Å². The number of hydrogen-bond donors (Lipinski definition) is 3. The minimum Gasteiger partial charge on any atom is -0.398 e. The molecule has 4 N–H and O–H groups in total. The summed E-state index contributed by atoms with van der Waals surface area (Å²) in [4.78, 5) is 0.113. The number of nitrogen functional groups attached to an aromatic ring is 1. The molecule has 0 aliphatic heterocycles. The summed E-state index contributed by atoms with van der Waals surface area (Å²) < 4.78 is 27.5. The van der Waals surface area contributed by atoms with E-state index in [2.05, 4.69) is 14.9 Å². The predicted molar refractivity (Wildman–Crippen MR) is 83.7 cm³/mol. The van der Waals surface area contributed by atoms with Gasteiger partial charge in [-0.15, -0.1) is 0 Å². The van der Waals surface area contributed by atoms with Crippen LogP contribution >= 0.6 is 0 Å². The van der Waals surface area contributed by atoms with Crippen LogP contribution in [0.15, 0.2) is 23.1 Å². The van der Waals surface area contributed by atoms with Gasteiger partial charge in [0, 0.05) is 11.8 Å². The molecule has 0 unspecified atom stereocenters. The third kappa shape index (κ3) is 3.18. The van der Waals surface area contributed by atoms with Gasteiger partial charge in [0.05, 0.1) is 5.69 Å². The molecule has 0 atom stereocenters. The van der Waals surface area contributed by atoms with Gasteiger partial charge in [0.2, 0.25) is 0 Å². The highest BCUT2D eigenvalue weighted by molar-refractivity contribution is 7.93. The zero-order valence-electron chi connectivity index (χ0n) is 12.4. The van der Waals surface area contributed by atoms with Crippen LogP contribution in [-0.4, -0.2) is 18.6 Å². The number of hydrogen-bond acceptors (Lipinski definition) is 4. The summed E-state index contributed by atoms with van der Waals surface area (Å²) in [6.07, 6.45) is 1.78. The van der Waals surface area contributed by atoms with Gasteiger partial charge in [0.1, 0.15) is 4.90 Å². The number of nitrogens with two attached hydrogens (primary N) is 1. The summed E-state index contributed by atoms with van der Waals surface area (Å²) in [5, 5.41) is 6.78. The highest BCUT2D eigenvalue weighted by Crippen LogP contribution is 2.27. The van der Waals surface area contributed by atoms with E-state index in [0.29, 0.717) is 5.56 Å². The van der Waals surface area contributed by atoms with Crippen molar-refractivity contribution in [3.63, 3.8) is 0 Å². The summed E-state index contributed by atoms with van der Waals surface area (Å²) in [6, 6.07) is 5.10. The van der Waals surface area contributed by atoms with Crippen LogP contribution in [0.1, 0.15) is 30.2 Å². The van der Waals surface area contributed by atoms with E-state index in [1.165, 1.54) is 0 Å². The van der Waals surface area contributed by atoms with Crippen LogP contribution in [0.2, 0.25) is 0 Å². The third-order valence-corrected chi connectivity index (χ3v) is 4.92. The maximum atomic E-state index is 12.5. The average Bonchev–Trinajstić information content (AvgIpc) is 2.81. The van der Waals surface area contributed by atoms with E-state index < -0.39 is 10.0 Å². The SMILES string of the molecule is CCCc1cc(NS(=O)(=O)c2c(N)ccc(C)c2C)n[nH]1. The maximum Gasteiger partial charge on any atom is 0.265 e. The Labute approximate surface area is 124 Å². The fraction of sp³-hybridized carbons (Fsp3) is 0.357. The van der Waals surface area contributed by atoms with Crippen molar-refractivity contribution in [3.05, 3.63) is 35.0 Å². The second-order valence-corrected chi connectivity index (χ2v) is 6.68. The normalized spacial score (nSPS) is 11.6. The maximum absolute atomic E-state index is 12.5. The monoisotopic (exact) mass is 308 g/mol. The highest BCUT2D eigenvalue weighted by atomic mass is 32.2. The van der Waals surface area contributed by atoms with Crippen molar-refractivity contribution >= 4 is 21.5 Å². The molecule has 0 fully saturated rings. The first-order chi connectivity index (χ1) is 9.85. The molecule has 1 aromatic heterocycles. The minimum absolute atomic E-state index is 0.113. The van der Waals surface area contributed by atoms with Gasteiger partial charge in [-0.2, -0.15) is 5.10 Å². The number of nitrogens with one attached hydrogen (secondary N) is 2. The Balaban J connectivity index is 2.36. The second kappa shape index (κ2) is 5.77. The fourth-order valence-corrected chi connectivity index (χ4v) is 3.59. The zero-order valence-corrected chi connectivity index (χ0v) is 13.2. The number of nitrogens with zero attached hydrogens (tertiary/aromatic N) is 1. The van der Waals surface area contributed by atoms with Gasteiger partial charge in [-0.25, -0.2) is 8.42 Å². The van der Waals surface area contributed by atoms with Gasteiger partial charge in [0.25, 0.3) is 10.0 Å². The summed E-state index contributed by atoms with van der Waals surface area (Å²) in [7, 11) is -3.76. The molecule has 0 spiro atoms. The lowest BCUT2D eigenvalue weighted by Crippen LogP contribution is -2.17. The molecule has 0 bridgehead atoms. The lowest BCUT2D eigenvalue weighted by Gasteiger charge is -2.12. The lowest BCUT2D eigenvalue weighted by atomic mass is 10.1. The second-order valence-electron chi connectivity index (χ2n) is 5.06. The van der Waals surface area contributed by atoms with Crippen molar-refractivity contribution in [1.82, 2.24) is 10.2 Å². The zero-order chi connectivity index (χ0) is 15.6. The molecule has 6 nitrogen and oxygen atoms in total. The highest BCUT2D eigenvalue weighted by Gasteiger charge is 2.22. The summed E-state index contributed by atoms with van der Waals surface area (Å²) >= 11 is 0. The largest absolute Gasteiger partial charge is 0.398 e. The van der Waals surface area contributed by atoms with E-state index in [9.17, 15) is 8.42 Å². The van der Waals surface area contributed by atoms with E-state index in [4.69, 9.17) is 5.73 Å². The van der Waals surface area contributed by atoms with E-state index in [1.807, 2.05) is 13.8 Å². The van der Waals surface area contributed by atoms with Crippen molar-refractivity contribution < 1.29 is 8.42 Å². The van der Waals surface area contributed by atoms with Crippen LogP contribution in [0.5, 0.6) is 0 Å². The molecule has 1 aromatic carbocycles. The molecule has 114 valence electrons. The Hall–Kier alpha value is -2.02. The van der Waals surface area contributed by atoms with Crippen molar-refractivity contribution in [2.75, 3.05) is 10.5 Å². The molecule has 7 heteroatoms. The quantitative estimate of drug-likeness (QED) is 0.738. The van der Waals surface area contributed by atoms with Crippen molar-refractivity contribution in [2.45, 2.75) is 38.5 Å². The molecule has 2 aromatic rings. The summed E-state index contributed by atoms with van der Waals surface area (Å²) in [5.74, 6) is 0.277. The van der Waals surface area contributed by atoms with Gasteiger partial charge < -0.3 is 5.73 Å². The minimum atomic E-state index is -3.76. The Morgan fingerprint density at radius 3 is 2.71 bits per heavy atom. The Morgan fingerprint density at radius 2 is 2.05 bits per heavy atom. The van der Waals surface area contributed by atoms with Gasteiger partial charge in [-0.3, -0.25) is 9.82 Å². The van der Waals surface area contributed by atoms with Gasteiger partial charge in [-0.05, 0) is 37.5 Å². The number of aromatic nitrogens is 2. The molecule has 0 saturated heterocycles. The fourth-order valence-electron chi connectivity index (χ4n) is 2.17. The molecule has 0 amide bonds. The molecule has 1 heterocycles. The Bertz CT molecular complexity index is 750. The van der Waals surface area contributed by atoms with E-state index in [1.54, 1.807) is 25.1 Å². The first-order valence-corrected chi connectivity index (χ1v) is 8.26. The van der Waals surface area contributed by atoms with E-state index in [0.717, 1.165) is 24.1 Å². The molecule has 0 aliphatic carbocycles. The molecule has 21 heavy (non-hydrogen) atoms. The topological polar surface area (TPSA) is 101 Å². The summed E-state index contributed by atoms with van der Waals surface area (Å²) in [6.45, 7) is 5.64. The standard InChI is InChI=1S/C14H20N4O2S/c1-4-5-11-8-13(17-16-11)18-21(19,20)14-10(3)9(2)6-7-12(14)15/h6-8H,4-5,15H2,1-3H3,(H2,16,17,18). The van der Waals surface area contributed by atoms with E-state index in [-0.39, 0.29) is 16.4 Å². The number of anilines is 2. The number of rotatable bonds is 5. The van der Waals surface area contributed by atoms with Crippen LogP contribution in [0.25, 0.3) is 0 Å². The molecular formula is C14H20N4O2S. The summed E-state index contributed by atoms with van der Waals surface area (Å²) in [5.41, 5.74) is 8.48. The molecular weight excluding hydrogens is 288 g/mol. The van der Waals surface area contributed by atoms with Crippen LogP contribution in [-0.2, 0) is 16.4 Å². The predicted octanol–water partition coefficient (Wildman–Crippen LogP) is 2.36. The Morgan fingerprint density at radius 1 is 1.33 bits per heavy atom. The Kier molecular flexibility index (Phi) is 4.22. The van der Waals surface area contributed by atoms with Crippen molar-refractivity contribution in [3.8, 4) is 0 Å². The van der Waals surface area contributed by atoms with Gasteiger partial charge in [-0.1, -0.05) is 19.4 Å². The number of sulfonamides is 1. The molecule has 0 saturated carbocycles. The first-order valence-electron chi connectivity index (χ1n) is 6.78. The molecule has 0 radical (unpaired) electrons. The van der Waals surface area contributed by atoms with Crippen LogP contribution in [0.4, 0.5) is 11.5 Å². The van der Waals surface area contributed by atoms with Crippen molar-refractivity contribution in [1.29, 1.82) is 0 Å². The molecule has 0 aliphatic rings. The van der Waals surface area contributed by atoms with E-state index >= 15 is 0 Å². The lowest BCUT2D eigenvalue weighted by molar-refractivity contribution is 0.600. The third-order valence-electron chi connectivity index (χ3n) is 3.37. The van der Waals surface area contributed by atoms with Crippen molar-refractivity contribution in [2.24, 2.45) is 0 Å². The smallest absolute Gasteiger partial charge is 0.265 e. The number of aryl methyl sites for hydroxylation is 2. The van der Waals surface area contributed by atoms with Crippen LogP contribution < -0.4 is 10.5 Å². The number of H-pyrrole nitrogens is 1. The van der Waals surface area contributed by atoms with Gasteiger partial charge in [0.15, 0.2) is 5.82 Å².